The maximum absolute atomic E-state index is 11.6. The van der Waals surface area contributed by atoms with E-state index in [2.05, 4.69) is 39.8 Å². The fourth-order valence-corrected chi connectivity index (χ4v) is 3.07. The van der Waals surface area contributed by atoms with Crippen LogP contribution >= 0.6 is 0 Å². The minimum Gasteiger partial charge on any atom is -0.303 e. The van der Waals surface area contributed by atoms with Gasteiger partial charge in [0, 0.05) is 12.6 Å². The Labute approximate surface area is 124 Å². The molecule has 5 heteroatoms. The van der Waals surface area contributed by atoms with Crippen molar-refractivity contribution in [2.45, 2.75) is 37.9 Å². The second kappa shape index (κ2) is 6.37. The van der Waals surface area contributed by atoms with E-state index in [9.17, 15) is 9.59 Å². The molecule has 2 heterocycles. The number of hydrogen-bond acceptors (Lipinski definition) is 4. The van der Waals surface area contributed by atoms with E-state index < -0.39 is 0 Å². The lowest BCUT2D eigenvalue weighted by atomic mass is 10.0. The Hall–Kier alpha value is -1.72. The summed E-state index contributed by atoms with van der Waals surface area (Å²) in [5.41, 5.74) is 1.34. The zero-order chi connectivity index (χ0) is 14.7. The molecule has 112 valence electrons. The first kappa shape index (κ1) is 14.2. The van der Waals surface area contributed by atoms with E-state index in [1.165, 1.54) is 5.56 Å². The molecule has 1 aromatic rings. The Morgan fingerprint density at radius 1 is 1.14 bits per heavy atom. The van der Waals surface area contributed by atoms with Gasteiger partial charge in [-0.15, -0.1) is 0 Å². The number of rotatable bonds is 4. The van der Waals surface area contributed by atoms with Gasteiger partial charge in [0.1, 0.15) is 0 Å². The molecule has 2 aliphatic heterocycles. The average Bonchev–Trinajstić information content (AvgIpc) is 2.80. The molecule has 2 amide bonds. The van der Waals surface area contributed by atoms with Gasteiger partial charge in [-0.25, -0.2) is 0 Å². The largest absolute Gasteiger partial charge is 0.303 e. The van der Waals surface area contributed by atoms with Crippen LogP contribution in [0.3, 0.4) is 0 Å². The summed E-state index contributed by atoms with van der Waals surface area (Å²) in [6.07, 6.45) is 2.32. The number of carbonyl (C=O) groups is 2. The molecule has 3 rings (SSSR count). The maximum atomic E-state index is 11.6. The quantitative estimate of drug-likeness (QED) is 0.799. The second-order valence-electron chi connectivity index (χ2n) is 5.87. The van der Waals surface area contributed by atoms with Crippen molar-refractivity contribution in [2.75, 3.05) is 13.1 Å². The molecule has 0 bridgehead atoms. The van der Waals surface area contributed by atoms with Crippen molar-refractivity contribution in [1.82, 2.24) is 15.5 Å². The van der Waals surface area contributed by atoms with Crippen LogP contribution in [-0.2, 0) is 16.1 Å². The minimum atomic E-state index is -0.330. The van der Waals surface area contributed by atoms with Gasteiger partial charge in [-0.2, -0.15) is 0 Å². The summed E-state index contributed by atoms with van der Waals surface area (Å²) in [5.74, 6) is -0.342. The van der Waals surface area contributed by atoms with Gasteiger partial charge in [0.05, 0.1) is 12.5 Å². The molecule has 0 aliphatic carbocycles. The predicted octanol–water partition coefficient (Wildman–Crippen LogP) is 0.656. The Bertz CT molecular complexity index is 510. The predicted molar refractivity (Wildman–Crippen MR) is 79.4 cm³/mol. The third-order valence-corrected chi connectivity index (χ3v) is 4.24. The summed E-state index contributed by atoms with van der Waals surface area (Å²) >= 11 is 0. The topological polar surface area (TPSA) is 61.4 Å². The molecule has 0 saturated carbocycles. The molecule has 2 saturated heterocycles. The number of nitrogens with zero attached hydrogens (tertiary/aromatic N) is 1. The molecule has 0 unspecified atom stereocenters. The summed E-state index contributed by atoms with van der Waals surface area (Å²) in [7, 11) is 0. The van der Waals surface area contributed by atoms with Gasteiger partial charge in [-0.3, -0.25) is 19.8 Å². The number of carbonyl (C=O) groups excluding carboxylic acids is 2. The number of nitrogens with one attached hydrogen (secondary N) is 2. The van der Waals surface area contributed by atoms with Crippen LogP contribution in [0.15, 0.2) is 30.3 Å². The van der Waals surface area contributed by atoms with Crippen LogP contribution in [0.1, 0.15) is 24.8 Å². The van der Waals surface area contributed by atoms with E-state index in [-0.39, 0.29) is 24.3 Å². The van der Waals surface area contributed by atoms with Crippen LogP contribution in [0, 0.1) is 0 Å². The lowest BCUT2D eigenvalue weighted by Crippen LogP contribution is -2.48. The molecule has 0 aromatic heterocycles. The molecule has 0 spiro atoms. The van der Waals surface area contributed by atoms with Crippen LogP contribution in [0.4, 0.5) is 0 Å². The summed E-state index contributed by atoms with van der Waals surface area (Å²) in [6.45, 7) is 3.03. The number of piperidine rings is 1. The number of imide groups is 1. The number of benzene rings is 1. The van der Waals surface area contributed by atoms with E-state index in [1.807, 2.05) is 6.07 Å². The summed E-state index contributed by atoms with van der Waals surface area (Å²) < 4.78 is 0. The average molecular weight is 287 g/mol. The van der Waals surface area contributed by atoms with Crippen LogP contribution in [-0.4, -0.2) is 41.9 Å². The molecular formula is C16H21N3O2. The molecule has 2 fully saturated rings. The molecule has 1 aromatic carbocycles. The van der Waals surface area contributed by atoms with Crippen LogP contribution < -0.4 is 10.6 Å². The smallest absolute Gasteiger partial charge is 0.244 e. The summed E-state index contributed by atoms with van der Waals surface area (Å²) in [6, 6.07) is 10.5. The van der Waals surface area contributed by atoms with Crippen LogP contribution in [0.2, 0.25) is 0 Å². The lowest BCUT2D eigenvalue weighted by molar-refractivity contribution is -0.125. The van der Waals surface area contributed by atoms with Gasteiger partial charge in [0.2, 0.25) is 11.8 Å². The fraction of sp³-hybridized carbons (Fsp3) is 0.500. The number of likely N-dealkylation sites (tertiary alicyclic amines) is 1. The number of amides is 2. The Morgan fingerprint density at radius 3 is 2.48 bits per heavy atom. The number of hydrogen-bond donors (Lipinski definition) is 2. The first-order chi connectivity index (χ1) is 10.2. The van der Waals surface area contributed by atoms with Crippen LogP contribution in [0.25, 0.3) is 0 Å². The van der Waals surface area contributed by atoms with Gasteiger partial charge in [0.25, 0.3) is 0 Å². The molecule has 2 N–H and O–H groups in total. The van der Waals surface area contributed by atoms with Gasteiger partial charge in [-0.1, -0.05) is 30.3 Å². The molecule has 5 nitrogen and oxygen atoms in total. The van der Waals surface area contributed by atoms with E-state index in [1.54, 1.807) is 0 Å². The second-order valence-corrected chi connectivity index (χ2v) is 5.87. The third kappa shape index (κ3) is 3.68. The van der Waals surface area contributed by atoms with Crippen molar-refractivity contribution in [3.63, 3.8) is 0 Å². The lowest BCUT2D eigenvalue weighted by Gasteiger charge is -2.33. The Morgan fingerprint density at radius 2 is 1.86 bits per heavy atom. The van der Waals surface area contributed by atoms with Gasteiger partial charge < -0.3 is 5.32 Å². The zero-order valence-corrected chi connectivity index (χ0v) is 12.0. The third-order valence-electron chi connectivity index (χ3n) is 4.24. The van der Waals surface area contributed by atoms with Crippen molar-refractivity contribution >= 4 is 11.8 Å². The van der Waals surface area contributed by atoms with Gasteiger partial charge in [-0.05, 0) is 31.5 Å². The highest BCUT2D eigenvalue weighted by Gasteiger charge is 2.32. The Kier molecular flexibility index (Phi) is 4.31. The van der Waals surface area contributed by atoms with Crippen molar-refractivity contribution in [3.8, 4) is 0 Å². The van der Waals surface area contributed by atoms with E-state index in [0.29, 0.717) is 6.04 Å². The fourth-order valence-electron chi connectivity index (χ4n) is 3.07. The summed E-state index contributed by atoms with van der Waals surface area (Å²) in [4.78, 5) is 25.2. The molecule has 1 atom stereocenters. The molecule has 0 radical (unpaired) electrons. The van der Waals surface area contributed by atoms with E-state index in [4.69, 9.17) is 0 Å². The monoisotopic (exact) mass is 287 g/mol. The minimum absolute atomic E-state index is 0.168. The van der Waals surface area contributed by atoms with Crippen molar-refractivity contribution in [2.24, 2.45) is 0 Å². The maximum Gasteiger partial charge on any atom is 0.244 e. The van der Waals surface area contributed by atoms with E-state index >= 15 is 0 Å². The SMILES string of the molecule is O=C1C[C@@H](NC2CCN(Cc3ccccc3)CC2)C(=O)N1. The highest BCUT2D eigenvalue weighted by atomic mass is 16.2. The highest BCUT2D eigenvalue weighted by molar-refractivity contribution is 6.05. The molecular weight excluding hydrogens is 266 g/mol. The van der Waals surface area contributed by atoms with Crippen molar-refractivity contribution < 1.29 is 9.59 Å². The summed E-state index contributed by atoms with van der Waals surface area (Å²) in [5, 5.41) is 5.67. The molecule has 2 aliphatic rings. The Balaban J connectivity index is 1.45. The van der Waals surface area contributed by atoms with Gasteiger partial charge in [0.15, 0.2) is 0 Å². The van der Waals surface area contributed by atoms with Crippen LogP contribution in [0.5, 0.6) is 0 Å². The normalized spacial score (nSPS) is 24.3. The first-order valence-electron chi connectivity index (χ1n) is 7.57. The van der Waals surface area contributed by atoms with Gasteiger partial charge >= 0.3 is 0 Å². The van der Waals surface area contributed by atoms with Crippen molar-refractivity contribution in [3.05, 3.63) is 35.9 Å². The first-order valence-corrected chi connectivity index (χ1v) is 7.57. The highest BCUT2D eigenvalue weighted by Crippen LogP contribution is 2.15. The molecule has 21 heavy (non-hydrogen) atoms. The standard InChI is InChI=1S/C16H21N3O2/c20-15-10-14(16(21)18-15)17-13-6-8-19(9-7-13)11-12-4-2-1-3-5-12/h1-5,13-14,17H,6-11H2,(H,18,20,21)/t14-/m1/s1. The zero-order valence-electron chi connectivity index (χ0n) is 12.0. The van der Waals surface area contributed by atoms with E-state index in [0.717, 1.165) is 32.5 Å². The van der Waals surface area contributed by atoms with Crippen molar-refractivity contribution in [1.29, 1.82) is 0 Å².